The number of benzene rings is 1. The summed E-state index contributed by atoms with van der Waals surface area (Å²) in [6.07, 6.45) is -0.00588. The molecule has 0 aliphatic heterocycles. The maximum Gasteiger partial charge on any atom is 0.325 e. The van der Waals surface area contributed by atoms with Gasteiger partial charge in [-0.05, 0) is 26.0 Å². The van der Waals surface area contributed by atoms with Crippen LogP contribution >= 0.6 is 0 Å². The second kappa shape index (κ2) is 5.09. The Morgan fingerprint density at radius 3 is 2.89 bits per heavy atom. The van der Waals surface area contributed by atoms with E-state index < -0.39 is 17.9 Å². The Kier molecular flexibility index (Phi) is 3.50. The Morgan fingerprint density at radius 2 is 2.21 bits per heavy atom. The summed E-state index contributed by atoms with van der Waals surface area (Å²) >= 11 is 0. The minimum atomic E-state index is -1.07. The molecule has 1 amide bonds. The first-order valence-electron chi connectivity index (χ1n) is 5.84. The third-order valence-electron chi connectivity index (χ3n) is 2.78. The second-order valence-corrected chi connectivity index (χ2v) is 4.43. The van der Waals surface area contributed by atoms with Crippen molar-refractivity contribution < 1.29 is 19.2 Å². The highest BCUT2D eigenvalue weighted by Crippen LogP contribution is 2.20. The molecule has 19 heavy (non-hydrogen) atoms. The number of carbonyl (C=O) groups excluding carboxylic acids is 1. The van der Waals surface area contributed by atoms with Gasteiger partial charge >= 0.3 is 5.97 Å². The predicted octanol–water partition coefficient (Wildman–Crippen LogP) is 1.27. The van der Waals surface area contributed by atoms with Crippen LogP contribution in [0.3, 0.4) is 0 Å². The van der Waals surface area contributed by atoms with Crippen molar-refractivity contribution in [2.45, 2.75) is 26.3 Å². The molecule has 6 nitrogen and oxygen atoms in total. The topological polar surface area (TPSA) is 92.4 Å². The highest BCUT2D eigenvalue weighted by molar-refractivity contribution is 5.88. The van der Waals surface area contributed by atoms with Crippen molar-refractivity contribution in [2.24, 2.45) is 0 Å². The molecular weight excluding hydrogens is 248 g/mol. The number of fused-ring (bicyclic) bond motifs is 1. The Bertz CT molecular complexity index is 633. The van der Waals surface area contributed by atoms with E-state index in [1.165, 1.54) is 6.92 Å². The van der Waals surface area contributed by atoms with Crippen molar-refractivity contribution in [2.75, 3.05) is 0 Å². The smallest absolute Gasteiger partial charge is 0.325 e. The van der Waals surface area contributed by atoms with Gasteiger partial charge in [0.15, 0.2) is 5.58 Å². The molecule has 1 heterocycles. The van der Waals surface area contributed by atoms with Crippen LogP contribution in [0.2, 0.25) is 0 Å². The number of aliphatic carboxylic acids is 1. The Labute approximate surface area is 109 Å². The Morgan fingerprint density at radius 1 is 1.47 bits per heavy atom. The lowest BCUT2D eigenvalue weighted by Gasteiger charge is -2.07. The molecule has 2 aromatic rings. The van der Waals surface area contributed by atoms with Gasteiger partial charge < -0.3 is 14.9 Å². The predicted molar refractivity (Wildman–Crippen MR) is 67.7 cm³/mol. The molecule has 0 bridgehead atoms. The lowest BCUT2D eigenvalue weighted by molar-refractivity contribution is -0.141. The minimum absolute atomic E-state index is 0.00588. The van der Waals surface area contributed by atoms with Gasteiger partial charge in [-0.25, -0.2) is 0 Å². The molecule has 100 valence electrons. The van der Waals surface area contributed by atoms with Crippen LogP contribution in [0.25, 0.3) is 11.0 Å². The Balaban J connectivity index is 2.15. The highest BCUT2D eigenvalue weighted by Gasteiger charge is 2.17. The third kappa shape index (κ3) is 2.90. The van der Waals surface area contributed by atoms with Crippen LogP contribution in [0.5, 0.6) is 0 Å². The van der Waals surface area contributed by atoms with Crippen LogP contribution < -0.4 is 5.32 Å². The normalized spacial score (nSPS) is 12.3. The van der Waals surface area contributed by atoms with Crippen molar-refractivity contribution in [3.8, 4) is 0 Å². The fraction of sp³-hybridized carbons (Fsp3) is 0.308. The molecule has 1 aromatic carbocycles. The van der Waals surface area contributed by atoms with Gasteiger partial charge in [0.05, 0.1) is 6.42 Å². The van der Waals surface area contributed by atoms with Crippen molar-refractivity contribution in [1.82, 2.24) is 10.5 Å². The summed E-state index contributed by atoms with van der Waals surface area (Å²) in [6, 6.07) is 4.64. The molecule has 0 saturated heterocycles. The largest absolute Gasteiger partial charge is 0.480 e. The number of carbonyl (C=O) groups is 2. The summed E-state index contributed by atoms with van der Waals surface area (Å²) in [5, 5.41) is 15.7. The van der Waals surface area contributed by atoms with Crippen LogP contribution in [0.15, 0.2) is 22.7 Å². The molecule has 0 radical (unpaired) electrons. The summed E-state index contributed by atoms with van der Waals surface area (Å²) in [5.74, 6) is -1.47. The number of aryl methyl sites for hydroxylation is 1. The monoisotopic (exact) mass is 262 g/mol. The number of carboxylic acids is 1. The van der Waals surface area contributed by atoms with Gasteiger partial charge in [0, 0.05) is 5.39 Å². The van der Waals surface area contributed by atoms with Crippen molar-refractivity contribution in [1.29, 1.82) is 0 Å². The SMILES string of the molecule is Cc1ccc2onc(CC(=O)NC(C)C(=O)O)c2c1. The van der Waals surface area contributed by atoms with Crippen LogP contribution in [0, 0.1) is 6.92 Å². The molecule has 0 spiro atoms. The zero-order valence-electron chi connectivity index (χ0n) is 10.6. The molecule has 1 unspecified atom stereocenters. The van der Waals surface area contributed by atoms with Gasteiger partial charge in [0.1, 0.15) is 11.7 Å². The fourth-order valence-corrected chi connectivity index (χ4v) is 1.74. The molecule has 0 saturated carbocycles. The quantitative estimate of drug-likeness (QED) is 0.865. The third-order valence-corrected chi connectivity index (χ3v) is 2.78. The van der Waals surface area contributed by atoms with Crippen molar-refractivity contribution >= 4 is 22.8 Å². The molecule has 0 aliphatic carbocycles. The summed E-state index contributed by atoms with van der Waals surface area (Å²) in [5.41, 5.74) is 2.16. The molecule has 1 aromatic heterocycles. The van der Waals surface area contributed by atoms with Gasteiger partial charge in [-0.1, -0.05) is 16.8 Å². The van der Waals surface area contributed by atoms with E-state index in [0.29, 0.717) is 11.3 Å². The van der Waals surface area contributed by atoms with E-state index in [1.54, 1.807) is 6.07 Å². The van der Waals surface area contributed by atoms with Crippen molar-refractivity contribution in [3.05, 3.63) is 29.5 Å². The van der Waals surface area contributed by atoms with Gasteiger partial charge in [0.25, 0.3) is 0 Å². The summed E-state index contributed by atoms with van der Waals surface area (Å²) in [6.45, 7) is 3.34. The zero-order valence-corrected chi connectivity index (χ0v) is 10.6. The molecule has 2 rings (SSSR count). The van der Waals surface area contributed by atoms with Gasteiger partial charge in [-0.3, -0.25) is 9.59 Å². The fourth-order valence-electron chi connectivity index (χ4n) is 1.74. The van der Waals surface area contributed by atoms with Crippen LogP contribution in [-0.4, -0.2) is 28.2 Å². The average Bonchev–Trinajstić information content (AvgIpc) is 2.71. The van der Waals surface area contributed by atoms with E-state index >= 15 is 0 Å². The number of amides is 1. The number of hydrogen-bond donors (Lipinski definition) is 2. The van der Waals surface area contributed by atoms with Gasteiger partial charge in [0.2, 0.25) is 5.91 Å². The van der Waals surface area contributed by atoms with Crippen molar-refractivity contribution in [3.63, 3.8) is 0 Å². The van der Waals surface area contributed by atoms with Gasteiger partial charge in [-0.2, -0.15) is 0 Å². The molecule has 2 N–H and O–H groups in total. The summed E-state index contributed by atoms with van der Waals surface area (Å²) in [4.78, 5) is 22.3. The maximum absolute atomic E-state index is 11.7. The van der Waals surface area contributed by atoms with Crippen LogP contribution in [0.4, 0.5) is 0 Å². The molecule has 1 atom stereocenters. The molecule has 6 heteroatoms. The number of aromatic nitrogens is 1. The zero-order chi connectivity index (χ0) is 14.0. The summed E-state index contributed by atoms with van der Waals surface area (Å²) < 4.78 is 5.11. The number of rotatable bonds is 4. The average molecular weight is 262 g/mol. The minimum Gasteiger partial charge on any atom is -0.480 e. The lowest BCUT2D eigenvalue weighted by Crippen LogP contribution is -2.39. The number of nitrogens with one attached hydrogen (secondary N) is 1. The standard InChI is InChI=1S/C13H14N2O4/c1-7-3-4-11-9(5-7)10(15-19-11)6-12(16)14-8(2)13(17)18/h3-5,8H,6H2,1-2H3,(H,14,16)(H,17,18). The van der Waals surface area contributed by atoms with Crippen LogP contribution in [-0.2, 0) is 16.0 Å². The van der Waals surface area contributed by atoms with E-state index in [2.05, 4.69) is 10.5 Å². The molecule has 0 fully saturated rings. The molecule has 0 aliphatic rings. The van der Waals surface area contributed by atoms with Gasteiger partial charge in [-0.15, -0.1) is 0 Å². The number of hydrogen-bond acceptors (Lipinski definition) is 4. The van der Waals surface area contributed by atoms with E-state index in [1.807, 2.05) is 19.1 Å². The van der Waals surface area contributed by atoms with E-state index in [0.717, 1.165) is 10.9 Å². The first-order valence-corrected chi connectivity index (χ1v) is 5.84. The van der Waals surface area contributed by atoms with Crippen LogP contribution in [0.1, 0.15) is 18.2 Å². The first-order chi connectivity index (χ1) is 8.97. The number of nitrogens with zero attached hydrogens (tertiary/aromatic N) is 1. The summed E-state index contributed by atoms with van der Waals surface area (Å²) in [7, 11) is 0. The van der Waals surface area contributed by atoms with E-state index in [-0.39, 0.29) is 6.42 Å². The Hall–Kier alpha value is -2.37. The second-order valence-electron chi connectivity index (χ2n) is 4.43. The van der Waals surface area contributed by atoms with E-state index in [9.17, 15) is 9.59 Å². The number of carboxylic acid groups (broad SMARTS) is 1. The highest BCUT2D eigenvalue weighted by atomic mass is 16.5. The molecular formula is C13H14N2O4. The van der Waals surface area contributed by atoms with E-state index in [4.69, 9.17) is 9.63 Å². The lowest BCUT2D eigenvalue weighted by atomic mass is 10.1. The maximum atomic E-state index is 11.7. The first kappa shape index (κ1) is 13.1.